The lowest BCUT2D eigenvalue weighted by atomic mass is 10.0. The van der Waals surface area contributed by atoms with Crippen molar-refractivity contribution in [2.24, 2.45) is 10.7 Å². The van der Waals surface area contributed by atoms with Crippen molar-refractivity contribution in [1.29, 1.82) is 0 Å². The number of pyridine rings is 1. The molecular weight excluding hydrogens is 469 g/mol. The van der Waals surface area contributed by atoms with E-state index in [2.05, 4.69) is 62.9 Å². The molecule has 0 aliphatic carbocycles. The smallest absolute Gasteiger partial charge is 0.128 e. The van der Waals surface area contributed by atoms with E-state index in [4.69, 9.17) is 33.9 Å². The van der Waals surface area contributed by atoms with Gasteiger partial charge in [0.15, 0.2) is 0 Å². The topological polar surface area (TPSA) is 81.8 Å². The number of rotatable bonds is 12. The maximum atomic E-state index is 6.42. The number of aliphatic imine (C=N–C) groups is 1. The van der Waals surface area contributed by atoms with Crippen LogP contribution in [0.15, 0.2) is 47.7 Å². The molecule has 1 aliphatic heterocycles. The van der Waals surface area contributed by atoms with Crippen LogP contribution in [0.4, 0.5) is 5.69 Å². The second kappa shape index (κ2) is 14.5. The monoisotopic (exact) mass is 505 g/mol. The summed E-state index contributed by atoms with van der Waals surface area (Å²) >= 11 is 12.8. The molecule has 4 N–H and O–H groups in total. The molecule has 0 spiro atoms. The van der Waals surface area contributed by atoms with Crippen LogP contribution in [0.25, 0.3) is 0 Å². The largest absolute Gasteiger partial charge is 0.366 e. The van der Waals surface area contributed by atoms with Gasteiger partial charge in [0.1, 0.15) is 5.84 Å². The maximum Gasteiger partial charge on any atom is 0.128 e. The molecule has 0 amide bonds. The molecule has 1 fully saturated rings. The molecule has 34 heavy (non-hydrogen) atoms. The van der Waals surface area contributed by atoms with Gasteiger partial charge in [0.25, 0.3) is 0 Å². The van der Waals surface area contributed by atoms with E-state index in [1.165, 1.54) is 5.56 Å². The number of hydrazine groups is 1. The van der Waals surface area contributed by atoms with Crippen LogP contribution in [0.2, 0.25) is 10.0 Å². The van der Waals surface area contributed by atoms with Crippen molar-refractivity contribution in [2.45, 2.75) is 38.6 Å². The Bertz CT molecular complexity index is 866. The second-order valence-electron chi connectivity index (χ2n) is 8.48. The van der Waals surface area contributed by atoms with Gasteiger partial charge in [-0.3, -0.25) is 14.9 Å². The number of nitrogens with two attached hydrogens (primary N) is 1. The van der Waals surface area contributed by atoms with Gasteiger partial charge in [-0.2, -0.15) is 0 Å². The zero-order valence-corrected chi connectivity index (χ0v) is 21.5. The highest BCUT2D eigenvalue weighted by Gasteiger charge is 2.29. The number of halogens is 2. The number of benzene rings is 1. The number of piperazine rings is 1. The molecule has 2 aromatic rings. The quantitative estimate of drug-likeness (QED) is 0.176. The lowest BCUT2D eigenvalue weighted by Gasteiger charge is -2.41. The Morgan fingerprint density at radius 3 is 2.47 bits per heavy atom. The van der Waals surface area contributed by atoms with Crippen molar-refractivity contribution in [1.82, 2.24) is 20.7 Å². The minimum absolute atomic E-state index is 0.174. The number of unbranched alkanes of at least 4 members (excludes halogenated alkanes) is 1. The standard InChI is InChI=1S/C25H37Cl2N7/c1-2-3-12-30-25(32-31-13-11-28)23(10-9-20-7-5-4-6-8-20)33-14-16-34(17-15-33)24-21(26)18-29-19-22(24)27/h4-8,18-19,23,31H,2-3,9-17,28H2,1H3,(H,30,32). The van der Waals surface area contributed by atoms with E-state index < -0.39 is 0 Å². The molecule has 1 aromatic heterocycles. The lowest BCUT2D eigenvalue weighted by molar-refractivity contribution is 0.215. The number of anilines is 1. The predicted octanol–water partition coefficient (Wildman–Crippen LogP) is 3.76. The Balaban J connectivity index is 1.75. The molecule has 9 heteroatoms. The summed E-state index contributed by atoms with van der Waals surface area (Å²) in [4.78, 5) is 13.8. The van der Waals surface area contributed by atoms with Crippen LogP contribution in [-0.4, -0.2) is 67.6 Å². The summed E-state index contributed by atoms with van der Waals surface area (Å²) in [6, 6.07) is 10.8. The minimum atomic E-state index is 0.174. The third-order valence-electron chi connectivity index (χ3n) is 6.04. The van der Waals surface area contributed by atoms with Crippen molar-refractivity contribution >= 4 is 34.7 Å². The highest BCUT2D eigenvalue weighted by Crippen LogP contribution is 2.33. The van der Waals surface area contributed by atoms with E-state index in [1.54, 1.807) is 12.4 Å². The van der Waals surface area contributed by atoms with Gasteiger partial charge in [0.2, 0.25) is 0 Å². The predicted molar refractivity (Wildman–Crippen MR) is 144 cm³/mol. The van der Waals surface area contributed by atoms with E-state index >= 15 is 0 Å². The molecule has 7 nitrogen and oxygen atoms in total. The molecule has 1 aromatic carbocycles. The normalized spacial score (nSPS) is 16.0. The SMILES string of the molecule is CCCCN=C(NNCCN)C(CCc1ccccc1)N1CCN(c2c(Cl)cncc2Cl)CC1. The number of nitrogens with one attached hydrogen (secondary N) is 2. The average Bonchev–Trinajstić information content (AvgIpc) is 2.85. The first kappa shape index (κ1) is 26.7. The summed E-state index contributed by atoms with van der Waals surface area (Å²) in [5.41, 5.74) is 14.5. The Labute approximate surface area is 213 Å². The molecule has 1 aliphatic rings. The van der Waals surface area contributed by atoms with E-state index in [1.807, 2.05) is 0 Å². The fraction of sp³-hybridized carbons (Fsp3) is 0.520. The molecular formula is C25H37Cl2N7. The average molecular weight is 507 g/mol. The number of aromatic nitrogens is 1. The van der Waals surface area contributed by atoms with Crippen molar-refractivity contribution in [2.75, 3.05) is 50.7 Å². The first-order chi connectivity index (χ1) is 16.6. The second-order valence-corrected chi connectivity index (χ2v) is 9.29. The van der Waals surface area contributed by atoms with Crippen LogP contribution in [-0.2, 0) is 6.42 Å². The van der Waals surface area contributed by atoms with E-state index in [-0.39, 0.29) is 6.04 Å². The first-order valence-corrected chi connectivity index (χ1v) is 12.9. The van der Waals surface area contributed by atoms with Crippen LogP contribution >= 0.6 is 23.2 Å². The van der Waals surface area contributed by atoms with Gasteiger partial charge in [0, 0.05) is 58.2 Å². The number of hydrogen-bond donors (Lipinski definition) is 3. The molecule has 0 bridgehead atoms. The fourth-order valence-corrected chi connectivity index (χ4v) is 4.82. The Morgan fingerprint density at radius 2 is 1.82 bits per heavy atom. The molecule has 2 heterocycles. The van der Waals surface area contributed by atoms with Crippen LogP contribution in [0.3, 0.4) is 0 Å². The summed E-state index contributed by atoms with van der Waals surface area (Å²) in [5.74, 6) is 0.992. The van der Waals surface area contributed by atoms with Gasteiger partial charge >= 0.3 is 0 Å². The van der Waals surface area contributed by atoms with Crippen LogP contribution in [0, 0.1) is 0 Å². The van der Waals surface area contributed by atoms with Gasteiger partial charge in [-0.1, -0.05) is 66.9 Å². The van der Waals surface area contributed by atoms with E-state index in [9.17, 15) is 0 Å². The zero-order valence-electron chi connectivity index (χ0n) is 20.0. The van der Waals surface area contributed by atoms with E-state index in [0.29, 0.717) is 23.1 Å². The van der Waals surface area contributed by atoms with Crippen LogP contribution < -0.4 is 21.5 Å². The molecule has 0 radical (unpaired) electrons. The fourth-order valence-electron chi connectivity index (χ4n) is 4.22. The number of amidine groups is 1. The van der Waals surface area contributed by atoms with Crippen molar-refractivity contribution in [3.8, 4) is 0 Å². The highest BCUT2D eigenvalue weighted by atomic mass is 35.5. The highest BCUT2D eigenvalue weighted by molar-refractivity contribution is 6.38. The van der Waals surface area contributed by atoms with Gasteiger partial charge in [-0.25, -0.2) is 5.43 Å². The number of nitrogens with zero attached hydrogens (tertiary/aromatic N) is 4. The summed E-state index contributed by atoms with van der Waals surface area (Å²) in [5, 5.41) is 1.19. The molecule has 0 saturated carbocycles. The molecule has 186 valence electrons. The Hall–Kier alpha value is -1.90. The molecule has 1 saturated heterocycles. The van der Waals surface area contributed by atoms with Crippen molar-refractivity contribution in [3.63, 3.8) is 0 Å². The summed E-state index contributed by atoms with van der Waals surface area (Å²) in [6.07, 6.45) is 7.46. The minimum Gasteiger partial charge on any atom is -0.366 e. The molecule has 1 atom stereocenters. The summed E-state index contributed by atoms with van der Waals surface area (Å²) in [7, 11) is 0. The molecule has 3 rings (SSSR count). The summed E-state index contributed by atoms with van der Waals surface area (Å²) < 4.78 is 0. The third-order valence-corrected chi connectivity index (χ3v) is 6.60. The lowest BCUT2D eigenvalue weighted by Crippen LogP contribution is -2.57. The summed E-state index contributed by atoms with van der Waals surface area (Å²) in [6.45, 7) is 7.71. The zero-order chi connectivity index (χ0) is 24.2. The van der Waals surface area contributed by atoms with Crippen molar-refractivity contribution in [3.05, 3.63) is 58.3 Å². The van der Waals surface area contributed by atoms with Crippen LogP contribution in [0.1, 0.15) is 31.7 Å². The number of hydrogen-bond acceptors (Lipinski definition) is 6. The van der Waals surface area contributed by atoms with Gasteiger partial charge in [-0.05, 0) is 24.8 Å². The first-order valence-electron chi connectivity index (χ1n) is 12.2. The third kappa shape index (κ3) is 7.82. The van der Waals surface area contributed by atoms with E-state index in [0.717, 1.165) is 69.9 Å². The van der Waals surface area contributed by atoms with Crippen molar-refractivity contribution < 1.29 is 0 Å². The van der Waals surface area contributed by atoms with Gasteiger partial charge in [-0.15, -0.1) is 0 Å². The van der Waals surface area contributed by atoms with Gasteiger partial charge < -0.3 is 16.1 Å². The van der Waals surface area contributed by atoms with Crippen LogP contribution in [0.5, 0.6) is 0 Å². The van der Waals surface area contributed by atoms with Gasteiger partial charge in [0.05, 0.1) is 21.8 Å². The maximum absolute atomic E-state index is 6.42. The Morgan fingerprint density at radius 1 is 1.12 bits per heavy atom. The molecule has 1 unspecified atom stereocenters. The number of aryl methyl sites for hydroxylation is 1. The Kier molecular flexibility index (Phi) is 11.4.